The van der Waals surface area contributed by atoms with Gasteiger partial charge in [0.2, 0.25) is 0 Å². The molecule has 2 aromatic rings. The molecule has 3 N–H and O–H groups in total. The first-order valence-corrected chi connectivity index (χ1v) is 7.08. The molecule has 1 atom stereocenters. The molecule has 0 bridgehead atoms. The van der Waals surface area contributed by atoms with E-state index in [0.717, 1.165) is 11.1 Å². The van der Waals surface area contributed by atoms with Crippen molar-refractivity contribution in [2.24, 2.45) is 0 Å². The Morgan fingerprint density at radius 1 is 1.09 bits per heavy atom. The zero-order valence-corrected chi connectivity index (χ0v) is 12.3. The maximum absolute atomic E-state index is 13.4. The van der Waals surface area contributed by atoms with Crippen molar-refractivity contribution in [2.75, 3.05) is 0 Å². The number of carbonyl (C=O) groups excluding carboxylic acids is 1. The Balaban J connectivity index is 1.79. The van der Waals surface area contributed by atoms with Crippen LogP contribution in [0.25, 0.3) is 0 Å². The lowest BCUT2D eigenvalue weighted by Crippen LogP contribution is -2.34. The van der Waals surface area contributed by atoms with Gasteiger partial charge in [0.15, 0.2) is 0 Å². The van der Waals surface area contributed by atoms with Crippen LogP contribution in [-0.4, -0.2) is 11.1 Å². The quantitative estimate of drug-likeness (QED) is 0.795. The Bertz CT molecular complexity index is 627. The number of hydrogen-bond acceptors (Lipinski definition) is 2. The smallest absolute Gasteiger partial charge is 0.315 e. The van der Waals surface area contributed by atoms with Crippen LogP contribution in [0.1, 0.15) is 29.7 Å². The van der Waals surface area contributed by atoms with Crippen LogP contribution in [0, 0.1) is 5.82 Å². The summed E-state index contributed by atoms with van der Waals surface area (Å²) < 4.78 is 13.4. The van der Waals surface area contributed by atoms with Gasteiger partial charge in [-0.2, -0.15) is 0 Å². The highest BCUT2D eigenvalue weighted by molar-refractivity contribution is 5.73. The second-order valence-electron chi connectivity index (χ2n) is 5.05. The van der Waals surface area contributed by atoms with Crippen molar-refractivity contribution in [2.45, 2.75) is 26.1 Å². The van der Waals surface area contributed by atoms with Crippen molar-refractivity contribution in [3.8, 4) is 0 Å². The zero-order valence-electron chi connectivity index (χ0n) is 12.3. The van der Waals surface area contributed by atoms with Gasteiger partial charge in [0.25, 0.3) is 0 Å². The van der Waals surface area contributed by atoms with E-state index in [2.05, 4.69) is 10.6 Å². The van der Waals surface area contributed by atoms with Crippen LogP contribution in [0.3, 0.4) is 0 Å². The van der Waals surface area contributed by atoms with Crippen LogP contribution < -0.4 is 10.6 Å². The van der Waals surface area contributed by atoms with E-state index in [9.17, 15) is 14.3 Å². The van der Waals surface area contributed by atoms with Crippen LogP contribution in [0.15, 0.2) is 48.5 Å². The summed E-state index contributed by atoms with van der Waals surface area (Å²) >= 11 is 0. The van der Waals surface area contributed by atoms with Gasteiger partial charge >= 0.3 is 6.03 Å². The molecule has 2 aromatic carbocycles. The van der Waals surface area contributed by atoms with Crippen LogP contribution in [0.4, 0.5) is 9.18 Å². The van der Waals surface area contributed by atoms with Gasteiger partial charge in [-0.15, -0.1) is 0 Å². The molecular formula is C17H19FN2O2. The minimum Gasteiger partial charge on any atom is -0.389 e. The molecule has 0 saturated heterocycles. The number of rotatable bonds is 5. The number of aliphatic hydroxyl groups is 1. The highest BCUT2D eigenvalue weighted by atomic mass is 19.1. The molecule has 2 rings (SSSR count). The monoisotopic (exact) mass is 302 g/mol. The fourth-order valence-electron chi connectivity index (χ4n) is 1.98. The Morgan fingerprint density at radius 2 is 1.73 bits per heavy atom. The van der Waals surface area contributed by atoms with Gasteiger partial charge in [-0.3, -0.25) is 0 Å². The van der Waals surface area contributed by atoms with E-state index in [1.807, 2.05) is 24.3 Å². The van der Waals surface area contributed by atoms with Gasteiger partial charge in [-0.1, -0.05) is 42.5 Å². The van der Waals surface area contributed by atoms with Gasteiger partial charge < -0.3 is 15.7 Å². The van der Waals surface area contributed by atoms with Crippen molar-refractivity contribution < 1.29 is 14.3 Å². The largest absolute Gasteiger partial charge is 0.389 e. The lowest BCUT2D eigenvalue weighted by Gasteiger charge is -2.09. The second kappa shape index (κ2) is 7.56. The Morgan fingerprint density at radius 3 is 2.36 bits per heavy atom. The van der Waals surface area contributed by atoms with E-state index >= 15 is 0 Å². The zero-order chi connectivity index (χ0) is 15.9. The van der Waals surface area contributed by atoms with Gasteiger partial charge in [-0.25, -0.2) is 9.18 Å². The molecule has 22 heavy (non-hydrogen) atoms. The normalized spacial score (nSPS) is 11.8. The molecule has 0 heterocycles. The van der Waals surface area contributed by atoms with Gasteiger partial charge in [0.05, 0.1) is 6.10 Å². The lowest BCUT2D eigenvalue weighted by molar-refractivity contribution is 0.199. The van der Waals surface area contributed by atoms with Crippen molar-refractivity contribution in [3.63, 3.8) is 0 Å². The van der Waals surface area contributed by atoms with E-state index in [1.54, 1.807) is 25.1 Å². The topological polar surface area (TPSA) is 61.4 Å². The maximum Gasteiger partial charge on any atom is 0.315 e. The number of carbonyl (C=O) groups is 1. The third-order valence-corrected chi connectivity index (χ3v) is 3.31. The summed E-state index contributed by atoms with van der Waals surface area (Å²) in [6.45, 7) is 2.20. The molecule has 2 amide bonds. The van der Waals surface area contributed by atoms with Crippen LogP contribution in [0.5, 0.6) is 0 Å². The molecule has 0 radical (unpaired) electrons. The molecule has 0 fully saturated rings. The molecule has 116 valence electrons. The summed E-state index contributed by atoms with van der Waals surface area (Å²) in [5, 5.41) is 14.7. The lowest BCUT2D eigenvalue weighted by atomic mass is 10.1. The van der Waals surface area contributed by atoms with E-state index in [1.165, 1.54) is 6.07 Å². The average molecular weight is 302 g/mol. The predicted molar refractivity (Wildman–Crippen MR) is 82.6 cm³/mol. The Labute approximate surface area is 129 Å². The molecular weight excluding hydrogens is 283 g/mol. The van der Waals surface area contributed by atoms with E-state index in [0.29, 0.717) is 12.1 Å². The Hall–Kier alpha value is -2.40. The molecule has 0 spiro atoms. The number of nitrogens with one attached hydrogen (secondary N) is 2. The summed E-state index contributed by atoms with van der Waals surface area (Å²) in [7, 11) is 0. The number of halogens is 1. The minimum atomic E-state index is -0.508. The molecule has 4 nitrogen and oxygen atoms in total. The number of aliphatic hydroxyl groups excluding tert-OH is 1. The van der Waals surface area contributed by atoms with Gasteiger partial charge in [0, 0.05) is 18.7 Å². The highest BCUT2D eigenvalue weighted by Crippen LogP contribution is 2.12. The fourth-order valence-corrected chi connectivity index (χ4v) is 1.98. The molecule has 5 heteroatoms. The third-order valence-electron chi connectivity index (χ3n) is 3.31. The van der Waals surface area contributed by atoms with Crippen molar-refractivity contribution >= 4 is 6.03 Å². The van der Waals surface area contributed by atoms with E-state index < -0.39 is 6.10 Å². The second-order valence-corrected chi connectivity index (χ2v) is 5.05. The highest BCUT2D eigenvalue weighted by Gasteiger charge is 2.05. The molecule has 0 unspecified atom stereocenters. The molecule has 0 aliphatic heterocycles. The summed E-state index contributed by atoms with van der Waals surface area (Å²) in [4.78, 5) is 11.7. The first-order chi connectivity index (χ1) is 10.6. The first-order valence-electron chi connectivity index (χ1n) is 7.08. The first kappa shape index (κ1) is 16.0. The molecule has 0 aromatic heterocycles. The summed E-state index contributed by atoms with van der Waals surface area (Å²) in [6.07, 6.45) is -0.508. The van der Waals surface area contributed by atoms with E-state index in [4.69, 9.17) is 0 Å². The predicted octanol–water partition coefficient (Wildman–Crippen LogP) is 2.88. The maximum atomic E-state index is 13.4. The molecule has 0 saturated carbocycles. The summed E-state index contributed by atoms with van der Waals surface area (Å²) in [5.74, 6) is -0.337. The van der Waals surface area contributed by atoms with Crippen LogP contribution >= 0.6 is 0 Å². The van der Waals surface area contributed by atoms with Gasteiger partial charge in [-0.05, 0) is 24.1 Å². The van der Waals surface area contributed by atoms with Crippen LogP contribution in [0.2, 0.25) is 0 Å². The van der Waals surface area contributed by atoms with Crippen molar-refractivity contribution in [3.05, 3.63) is 71.0 Å². The number of benzene rings is 2. The van der Waals surface area contributed by atoms with Crippen LogP contribution in [-0.2, 0) is 13.1 Å². The minimum absolute atomic E-state index is 0.138. The number of amides is 2. The third kappa shape index (κ3) is 4.56. The summed E-state index contributed by atoms with van der Waals surface area (Å²) in [5.41, 5.74) is 2.19. The van der Waals surface area contributed by atoms with Crippen molar-refractivity contribution in [1.29, 1.82) is 0 Å². The SMILES string of the molecule is C[C@@H](O)c1ccc(CNC(=O)NCc2ccccc2F)cc1. The number of urea groups is 1. The fraction of sp³-hybridized carbons (Fsp3) is 0.235. The molecule has 0 aliphatic rings. The van der Waals surface area contributed by atoms with Gasteiger partial charge in [0.1, 0.15) is 5.82 Å². The summed E-state index contributed by atoms with van der Waals surface area (Å²) in [6, 6.07) is 13.3. The Kier molecular flexibility index (Phi) is 5.49. The molecule has 0 aliphatic carbocycles. The van der Waals surface area contributed by atoms with E-state index in [-0.39, 0.29) is 18.4 Å². The van der Waals surface area contributed by atoms with Crippen molar-refractivity contribution in [1.82, 2.24) is 10.6 Å². The number of hydrogen-bond donors (Lipinski definition) is 3. The standard InChI is InChI=1S/C17H19FN2O2/c1-12(21)14-8-6-13(7-9-14)10-19-17(22)20-11-15-4-2-3-5-16(15)18/h2-9,12,21H,10-11H2,1H3,(H2,19,20,22)/t12-/m1/s1. The average Bonchev–Trinajstić information content (AvgIpc) is 2.52.